The van der Waals surface area contributed by atoms with E-state index in [0.29, 0.717) is 25.0 Å². The molecule has 2 aliphatic rings. The van der Waals surface area contributed by atoms with Crippen LogP contribution < -0.4 is 10.6 Å². The summed E-state index contributed by atoms with van der Waals surface area (Å²) in [6.07, 6.45) is 6.32. The first-order valence-corrected chi connectivity index (χ1v) is 11.9. The highest BCUT2D eigenvalue weighted by Gasteiger charge is 2.33. The molecule has 0 spiro atoms. The predicted octanol–water partition coefficient (Wildman–Crippen LogP) is 3.82. The van der Waals surface area contributed by atoms with Crippen LogP contribution in [-0.2, 0) is 16.0 Å². The smallest absolute Gasteiger partial charge is 0.254 e. The van der Waals surface area contributed by atoms with Gasteiger partial charge in [-0.25, -0.2) is 0 Å². The summed E-state index contributed by atoms with van der Waals surface area (Å²) in [6, 6.07) is 7.85. The van der Waals surface area contributed by atoms with Crippen molar-refractivity contribution in [1.82, 2.24) is 15.5 Å². The van der Waals surface area contributed by atoms with E-state index in [0.717, 1.165) is 36.7 Å². The number of guanidine groups is 1. The number of benzene rings is 1. The molecule has 0 aromatic heterocycles. The van der Waals surface area contributed by atoms with Crippen molar-refractivity contribution < 1.29 is 14.3 Å². The Balaban J connectivity index is 0.00000385. The second kappa shape index (κ2) is 13.5. The summed E-state index contributed by atoms with van der Waals surface area (Å²) in [7, 11) is 3.58. The zero-order valence-electron chi connectivity index (χ0n) is 20.6. The summed E-state index contributed by atoms with van der Waals surface area (Å²) in [5, 5.41) is 6.93. The highest BCUT2D eigenvalue weighted by molar-refractivity contribution is 14.0. The molecule has 8 heteroatoms. The molecule has 2 unspecified atom stereocenters. The Morgan fingerprint density at radius 1 is 1.15 bits per heavy atom. The van der Waals surface area contributed by atoms with Crippen LogP contribution in [0.3, 0.4) is 0 Å². The number of nitrogens with one attached hydrogen (secondary N) is 2. The van der Waals surface area contributed by atoms with Gasteiger partial charge in [0.05, 0.1) is 12.2 Å². The standard InChI is InChI=1S/C25H40N4O3.HI/c1-19-16-29(17-20(2)32-19)23(30)22-9-7-21(8-10-22)15-27-24(26-3)28-18-25(13-14-31-4)11-5-6-12-25;/h7-10,19-20H,5-6,11-18H2,1-4H3,(H2,26,27,28);1H. The summed E-state index contributed by atoms with van der Waals surface area (Å²) in [4.78, 5) is 19.1. The van der Waals surface area contributed by atoms with Gasteiger partial charge in [-0.2, -0.15) is 0 Å². The minimum atomic E-state index is 0. The van der Waals surface area contributed by atoms with E-state index >= 15 is 0 Å². The molecule has 0 bridgehead atoms. The van der Waals surface area contributed by atoms with E-state index in [1.165, 1.54) is 25.7 Å². The monoisotopic (exact) mass is 572 g/mol. The fourth-order valence-corrected chi connectivity index (χ4v) is 4.93. The molecule has 0 radical (unpaired) electrons. The number of methoxy groups -OCH3 is 1. The largest absolute Gasteiger partial charge is 0.385 e. The molecule has 2 atom stereocenters. The van der Waals surface area contributed by atoms with Crippen molar-refractivity contribution in [2.75, 3.05) is 40.4 Å². The number of aliphatic imine (C=N–C) groups is 1. The quantitative estimate of drug-likeness (QED) is 0.282. The Morgan fingerprint density at radius 3 is 2.36 bits per heavy atom. The minimum absolute atomic E-state index is 0. The van der Waals surface area contributed by atoms with Crippen LogP contribution in [-0.4, -0.2) is 69.4 Å². The molecule has 1 saturated carbocycles. The number of ether oxygens (including phenoxy) is 2. The van der Waals surface area contributed by atoms with E-state index in [4.69, 9.17) is 9.47 Å². The van der Waals surface area contributed by atoms with Crippen LogP contribution >= 0.6 is 24.0 Å². The van der Waals surface area contributed by atoms with Crippen LogP contribution in [0, 0.1) is 5.41 Å². The molecule has 2 fully saturated rings. The van der Waals surface area contributed by atoms with E-state index in [-0.39, 0.29) is 42.1 Å². The van der Waals surface area contributed by atoms with Crippen LogP contribution in [0.15, 0.2) is 29.3 Å². The number of halogens is 1. The summed E-state index contributed by atoms with van der Waals surface area (Å²) in [5.41, 5.74) is 2.14. The normalized spacial score (nSPS) is 22.5. The zero-order valence-corrected chi connectivity index (χ0v) is 22.9. The number of hydrogen-bond donors (Lipinski definition) is 2. The number of hydrogen-bond acceptors (Lipinski definition) is 4. The topological polar surface area (TPSA) is 75.2 Å². The molecule has 7 nitrogen and oxygen atoms in total. The molecule has 3 rings (SSSR count). The fraction of sp³-hybridized carbons (Fsp3) is 0.680. The third-order valence-electron chi connectivity index (χ3n) is 6.72. The molecular formula is C25H41IN4O3. The van der Waals surface area contributed by atoms with Crippen molar-refractivity contribution in [3.05, 3.63) is 35.4 Å². The summed E-state index contributed by atoms with van der Waals surface area (Å²) in [6.45, 7) is 7.68. The van der Waals surface area contributed by atoms with Crippen LogP contribution in [0.4, 0.5) is 0 Å². The number of rotatable bonds is 8. The Hall–Kier alpha value is -1.39. The average molecular weight is 573 g/mol. The highest BCUT2D eigenvalue weighted by Crippen LogP contribution is 2.40. The van der Waals surface area contributed by atoms with E-state index in [1.807, 2.05) is 43.0 Å². The first-order valence-electron chi connectivity index (χ1n) is 11.9. The molecule has 1 aliphatic heterocycles. The fourth-order valence-electron chi connectivity index (χ4n) is 4.93. The zero-order chi connectivity index (χ0) is 23.0. The van der Waals surface area contributed by atoms with E-state index in [9.17, 15) is 4.79 Å². The molecule has 2 N–H and O–H groups in total. The molecule has 1 amide bonds. The van der Waals surface area contributed by atoms with Crippen molar-refractivity contribution in [3.63, 3.8) is 0 Å². The van der Waals surface area contributed by atoms with Crippen molar-refractivity contribution in [1.29, 1.82) is 0 Å². The molecule has 186 valence electrons. The second-order valence-electron chi connectivity index (χ2n) is 9.39. The molecule has 1 aromatic carbocycles. The maximum Gasteiger partial charge on any atom is 0.254 e. The van der Waals surface area contributed by atoms with Gasteiger partial charge < -0.3 is 25.0 Å². The molecule has 1 aliphatic carbocycles. The van der Waals surface area contributed by atoms with Crippen LogP contribution in [0.5, 0.6) is 0 Å². The van der Waals surface area contributed by atoms with Gasteiger partial charge >= 0.3 is 0 Å². The van der Waals surface area contributed by atoms with Crippen LogP contribution in [0.1, 0.15) is 61.9 Å². The Kier molecular flexibility index (Phi) is 11.4. The number of morpholine rings is 1. The molecule has 33 heavy (non-hydrogen) atoms. The Labute approximate surface area is 216 Å². The van der Waals surface area contributed by atoms with Gasteiger partial charge in [0.25, 0.3) is 5.91 Å². The van der Waals surface area contributed by atoms with Crippen LogP contribution in [0.25, 0.3) is 0 Å². The third kappa shape index (κ3) is 8.10. The second-order valence-corrected chi connectivity index (χ2v) is 9.39. The number of carbonyl (C=O) groups excluding carboxylic acids is 1. The minimum Gasteiger partial charge on any atom is -0.385 e. The highest BCUT2D eigenvalue weighted by atomic mass is 127. The van der Waals surface area contributed by atoms with Crippen molar-refractivity contribution in [3.8, 4) is 0 Å². The molecule has 1 saturated heterocycles. The van der Waals surface area contributed by atoms with E-state index in [2.05, 4.69) is 15.6 Å². The molecule has 1 aromatic rings. The van der Waals surface area contributed by atoms with Gasteiger partial charge in [0.1, 0.15) is 0 Å². The summed E-state index contributed by atoms with van der Waals surface area (Å²) < 4.78 is 11.1. The van der Waals surface area contributed by atoms with Gasteiger partial charge in [-0.05, 0) is 56.2 Å². The van der Waals surface area contributed by atoms with Crippen LogP contribution in [0.2, 0.25) is 0 Å². The number of carbonyl (C=O) groups is 1. The van der Waals surface area contributed by atoms with Gasteiger partial charge in [-0.15, -0.1) is 24.0 Å². The molecule has 1 heterocycles. The first-order chi connectivity index (χ1) is 15.4. The lowest BCUT2D eigenvalue weighted by atomic mass is 9.83. The van der Waals surface area contributed by atoms with Gasteiger partial charge in [0, 0.05) is 52.5 Å². The lowest BCUT2D eigenvalue weighted by Gasteiger charge is -2.35. The Morgan fingerprint density at radius 2 is 1.79 bits per heavy atom. The summed E-state index contributed by atoms with van der Waals surface area (Å²) in [5.74, 6) is 0.882. The maximum atomic E-state index is 12.8. The summed E-state index contributed by atoms with van der Waals surface area (Å²) >= 11 is 0. The lowest BCUT2D eigenvalue weighted by molar-refractivity contribution is -0.0586. The van der Waals surface area contributed by atoms with E-state index < -0.39 is 0 Å². The van der Waals surface area contributed by atoms with Gasteiger partial charge in [-0.1, -0.05) is 25.0 Å². The number of amides is 1. The predicted molar refractivity (Wildman–Crippen MR) is 143 cm³/mol. The maximum absolute atomic E-state index is 12.8. The van der Waals surface area contributed by atoms with Gasteiger partial charge in [0.15, 0.2) is 5.96 Å². The Bertz CT molecular complexity index is 755. The van der Waals surface area contributed by atoms with Gasteiger partial charge in [-0.3, -0.25) is 9.79 Å². The number of nitrogens with zero attached hydrogens (tertiary/aromatic N) is 2. The van der Waals surface area contributed by atoms with E-state index in [1.54, 1.807) is 14.2 Å². The molecular weight excluding hydrogens is 531 g/mol. The lowest BCUT2D eigenvalue weighted by Crippen LogP contribution is -2.48. The SMILES string of the molecule is CN=C(NCc1ccc(C(=O)N2CC(C)OC(C)C2)cc1)NCC1(CCOC)CCCC1.I. The van der Waals surface area contributed by atoms with Crippen molar-refractivity contribution >= 4 is 35.8 Å². The van der Waals surface area contributed by atoms with Crippen molar-refractivity contribution in [2.45, 2.75) is 64.7 Å². The average Bonchev–Trinajstić information content (AvgIpc) is 3.26. The third-order valence-corrected chi connectivity index (χ3v) is 6.72. The van der Waals surface area contributed by atoms with Crippen molar-refractivity contribution in [2.24, 2.45) is 10.4 Å². The van der Waals surface area contributed by atoms with Gasteiger partial charge in [0.2, 0.25) is 0 Å². The first kappa shape index (κ1) is 27.9.